The van der Waals surface area contributed by atoms with Gasteiger partial charge in [0.25, 0.3) is 0 Å². The zero-order valence-electron chi connectivity index (χ0n) is 7.97. The third-order valence-corrected chi connectivity index (χ3v) is 3.41. The van der Waals surface area contributed by atoms with Crippen molar-refractivity contribution in [3.63, 3.8) is 0 Å². The van der Waals surface area contributed by atoms with Crippen molar-refractivity contribution in [2.75, 3.05) is 0 Å². The summed E-state index contributed by atoms with van der Waals surface area (Å²) in [6.45, 7) is 0. The molecule has 0 fully saturated rings. The Labute approximate surface area is 92.9 Å². The van der Waals surface area contributed by atoms with Crippen LogP contribution in [-0.4, -0.2) is 6.21 Å². The van der Waals surface area contributed by atoms with E-state index in [0.29, 0.717) is 0 Å². The number of hydrogen-bond donors (Lipinski definition) is 0. The van der Waals surface area contributed by atoms with Crippen molar-refractivity contribution in [1.29, 1.82) is 0 Å². The predicted octanol–water partition coefficient (Wildman–Crippen LogP) is 3.78. The maximum atomic E-state index is 4.36. The molecule has 1 radical (unpaired) electrons. The lowest BCUT2D eigenvalue weighted by Gasteiger charge is -2.02. The second-order valence-corrected chi connectivity index (χ2v) is 4.37. The molecule has 71 valence electrons. The maximum Gasteiger partial charge on any atom is 0.0984 e. The molecule has 1 aliphatic heterocycles. The van der Waals surface area contributed by atoms with E-state index in [9.17, 15) is 0 Å². The topological polar surface area (TPSA) is 12.4 Å². The smallest absolute Gasteiger partial charge is 0.0984 e. The highest BCUT2D eigenvalue weighted by Gasteiger charge is 2.09. The predicted molar refractivity (Wildman–Crippen MR) is 63.2 cm³/mol. The Balaban J connectivity index is 2.19. The van der Waals surface area contributed by atoms with E-state index in [4.69, 9.17) is 0 Å². The first-order valence-corrected chi connectivity index (χ1v) is 5.58. The van der Waals surface area contributed by atoms with Crippen molar-refractivity contribution in [2.24, 2.45) is 4.99 Å². The molecule has 3 rings (SSSR count). The van der Waals surface area contributed by atoms with E-state index in [1.165, 1.54) is 9.79 Å². The highest BCUT2D eigenvalue weighted by atomic mass is 32.2. The molecular weight excluding hydrogens is 202 g/mol. The summed E-state index contributed by atoms with van der Waals surface area (Å²) in [5.41, 5.74) is 2.07. The standard InChI is InChI=1S/C13H8NS/c1-3-7-12-10(5-1)9-14-11-6-2-4-8-13(11)15-12/h1-8H. The minimum atomic E-state index is 0.999. The number of rotatable bonds is 0. The molecule has 1 nitrogen and oxygen atoms in total. The highest BCUT2D eigenvalue weighted by molar-refractivity contribution is 7.99. The first-order chi connectivity index (χ1) is 7.43. The maximum absolute atomic E-state index is 4.36. The summed E-state index contributed by atoms with van der Waals surface area (Å²) in [4.78, 5) is 6.76. The molecule has 0 saturated carbocycles. The van der Waals surface area contributed by atoms with Gasteiger partial charge in [0.2, 0.25) is 0 Å². The number of nitrogens with zero attached hydrogens (tertiary/aromatic N) is 1. The van der Waals surface area contributed by atoms with Crippen molar-refractivity contribution in [2.45, 2.75) is 9.79 Å². The van der Waals surface area contributed by atoms with Crippen LogP contribution in [0.4, 0.5) is 5.69 Å². The molecule has 2 heteroatoms. The molecule has 0 saturated heterocycles. The van der Waals surface area contributed by atoms with Gasteiger partial charge in [-0.2, -0.15) is 0 Å². The fourth-order valence-corrected chi connectivity index (χ4v) is 2.49. The fraction of sp³-hybridized carbons (Fsp3) is 0. The van der Waals surface area contributed by atoms with Gasteiger partial charge in [0.15, 0.2) is 0 Å². The van der Waals surface area contributed by atoms with Crippen LogP contribution in [0.3, 0.4) is 0 Å². The molecule has 2 aromatic carbocycles. The van der Waals surface area contributed by atoms with Crippen LogP contribution in [0, 0.1) is 0 Å². The van der Waals surface area contributed by atoms with Crippen molar-refractivity contribution in [3.8, 4) is 0 Å². The molecule has 1 aliphatic rings. The lowest BCUT2D eigenvalue weighted by molar-refractivity contribution is 1.39. The van der Waals surface area contributed by atoms with Crippen LogP contribution in [0.2, 0.25) is 0 Å². The molecule has 15 heavy (non-hydrogen) atoms. The van der Waals surface area contributed by atoms with Crippen LogP contribution >= 0.6 is 11.8 Å². The molecule has 1 heterocycles. The van der Waals surface area contributed by atoms with Crippen LogP contribution in [-0.2, 0) is 0 Å². The Bertz CT molecular complexity index is 484. The third-order valence-electron chi connectivity index (χ3n) is 2.27. The van der Waals surface area contributed by atoms with Crippen LogP contribution in [0.25, 0.3) is 0 Å². The first-order valence-electron chi connectivity index (χ1n) is 4.76. The van der Waals surface area contributed by atoms with E-state index in [2.05, 4.69) is 23.3 Å². The Hall–Kier alpha value is -1.54. The average molecular weight is 210 g/mol. The lowest BCUT2D eigenvalue weighted by Crippen LogP contribution is -1.81. The minimum absolute atomic E-state index is 0.999. The lowest BCUT2D eigenvalue weighted by atomic mass is 10.2. The molecule has 0 N–H and O–H groups in total. The Morgan fingerprint density at radius 3 is 2.53 bits per heavy atom. The monoisotopic (exact) mass is 210 g/mol. The number of fused-ring (bicyclic) bond motifs is 2. The van der Waals surface area contributed by atoms with Gasteiger partial charge in [0, 0.05) is 15.4 Å². The van der Waals surface area contributed by atoms with E-state index < -0.39 is 0 Å². The summed E-state index contributed by atoms with van der Waals surface area (Å²) in [5.74, 6) is 0. The third kappa shape index (κ3) is 1.57. The summed E-state index contributed by atoms with van der Waals surface area (Å²) < 4.78 is 0. The summed E-state index contributed by atoms with van der Waals surface area (Å²) in [6, 6.07) is 16.3. The zero-order chi connectivity index (χ0) is 10.1. The molecule has 2 aromatic rings. The zero-order valence-corrected chi connectivity index (χ0v) is 8.79. The summed E-state index contributed by atoms with van der Waals surface area (Å²) in [7, 11) is 0. The Kier molecular flexibility index (Phi) is 2.07. The molecule has 0 aromatic heterocycles. The van der Waals surface area contributed by atoms with E-state index in [1.54, 1.807) is 11.8 Å². The molecular formula is C13H8NS. The largest absolute Gasteiger partial charge is 0.245 e. The second kappa shape index (κ2) is 3.55. The number of para-hydroxylation sites is 1. The van der Waals surface area contributed by atoms with Gasteiger partial charge < -0.3 is 0 Å². The number of benzene rings is 2. The van der Waals surface area contributed by atoms with E-state index in [0.717, 1.165) is 11.3 Å². The van der Waals surface area contributed by atoms with Crippen molar-refractivity contribution in [3.05, 3.63) is 54.1 Å². The minimum Gasteiger partial charge on any atom is -0.245 e. The van der Waals surface area contributed by atoms with Crippen molar-refractivity contribution < 1.29 is 0 Å². The van der Waals surface area contributed by atoms with Gasteiger partial charge in [-0.3, -0.25) is 0 Å². The van der Waals surface area contributed by atoms with Gasteiger partial charge in [0.1, 0.15) is 0 Å². The van der Waals surface area contributed by atoms with E-state index >= 15 is 0 Å². The van der Waals surface area contributed by atoms with Gasteiger partial charge in [-0.15, -0.1) is 0 Å². The Morgan fingerprint density at radius 1 is 0.867 bits per heavy atom. The van der Waals surface area contributed by atoms with Crippen LogP contribution in [0.5, 0.6) is 0 Å². The van der Waals surface area contributed by atoms with E-state index in [-0.39, 0.29) is 0 Å². The van der Waals surface area contributed by atoms with Crippen molar-refractivity contribution in [1.82, 2.24) is 0 Å². The second-order valence-electron chi connectivity index (χ2n) is 3.29. The van der Waals surface area contributed by atoms with Crippen LogP contribution in [0.15, 0.2) is 63.3 Å². The molecule has 0 amide bonds. The normalized spacial score (nSPS) is 12.8. The number of aliphatic imine (C=N–C) groups is 1. The Morgan fingerprint density at radius 2 is 1.60 bits per heavy atom. The summed E-state index contributed by atoms with van der Waals surface area (Å²) in [5, 5.41) is 0. The highest BCUT2D eigenvalue weighted by Crippen LogP contribution is 2.38. The van der Waals surface area contributed by atoms with Crippen LogP contribution in [0.1, 0.15) is 5.56 Å². The van der Waals surface area contributed by atoms with Crippen LogP contribution < -0.4 is 0 Å². The van der Waals surface area contributed by atoms with Gasteiger partial charge in [-0.05, 0) is 18.2 Å². The SMILES string of the molecule is [C]1=Nc2ccccc2Sc2ccccc21. The number of hydrogen-bond acceptors (Lipinski definition) is 2. The summed E-state index contributed by atoms with van der Waals surface area (Å²) >= 11 is 1.75. The molecule has 0 spiro atoms. The van der Waals surface area contributed by atoms with Crippen molar-refractivity contribution >= 4 is 23.7 Å². The van der Waals surface area contributed by atoms with Gasteiger partial charge >= 0.3 is 0 Å². The fourth-order valence-electron chi connectivity index (χ4n) is 1.52. The molecule has 0 aliphatic carbocycles. The van der Waals surface area contributed by atoms with Gasteiger partial charge in [-0.25, -0.2) is 4.99 Å². The average Bonchev–Trinajstić information content (AvgIpc) is 2.48. The quantitative estimate of drug-likeness (QED) is 0.550. The molecule has 0 atom stereocenters. The molecule has 0 bridgehead atoms. The van der Waals surface area contributed by atoms with E-state index in [1.807, 2.05) is 36.4 Å². The summed E-state index contributed by atoms with van der Waals surface area (Å²) in [6.07, 6.45) is 3.09. The van der Waals surface area contributed by atoms with Gasteiger partial charge in [-0.1, -0.05) is 42.1 Å². The van der Waals surface area contributed by atoms with Gasteiger partial charge in [0.05, 0.1) is 11.9 Å². The molecule has 0 unspecified atom stereocenters. The first kappa shape index (κ1) is 8.74.